The molecule has 2 aliphatic rings. The Bertz CT molecular complexity index is 1020. The molecule has 0 bridgehead atoms. The second-order valence-corrected chi connectivity index (χ2v) is 8.66. The third kappa shape index (κ3) is 3.40. The number of aromatic amines is 1. The van der Waals surface area contributed by atoms with Crippen LogP contribution in [0.25, 0.3) is 11.0 Å². The first kappa shape index (κ1) is 19.0. The predicted molar refractivity (Wildman–Crippen MR) is 114 cm³/mol. The molecule has 3 aromatic rings. The van der Waals surface area contributed by atoms with E-state index in [4.69, 9.17) is 0 Å². The fourth-order valence-electron chi connectivity index (χ4n) is 5.17. The Morgan fingerprint density at radius 1 is 1.13 bits per heavy atom. The SMILES string of the molecule is CN(c1ncnc2[nH]ccc12)C1CCC2(CC1)CCN(C(=O)c1cnccn1)CC2. The molecule has 0 unspecified atom stereocenters. The summed E-state index contributed by atoms with van der Waals surface area (Å²) in [6.45, 7) is 1.62. The highest BCUT2D eigenvalue weighted by atomic mass is 16.2. The molecular weight excluding hydrogens is 378 g/mol. The van der Waals surface area contributed by atoms with Crippen LogP contribution in [0.15, 0.2) is 37.2 Å². The Hall–Kier alpha value is -3.03. The average Bonchev–Trinajstić information content (AvgIpc) is 3.29. The molecule has 1 saturated heterocycles. The molecule has 0 radical (unpaired) electrons. The maximum atomic E-state index is 12.7. The van der Waals surface area contributed by atoms with E-state index >= 15 is 0 Å². The zero-order valence-corrected chi connectivity index (χ0v) is 17.3. The topological polar surface area (TPSA) is 90.9 Å². The van der Waals surface area contributed by atoms with Gasteiger partial charge in [0.1, 0.15) is 23.5 Å². The van der Waals surface area contributed by atoms with Crippen molar-refractivity contribution in [3.05, 3.63) is 42.9 Å². The minimum Gasteiger partial charge on any atom is -0.356 e. The molecule has 1 amide bonds. The van der Waals surface area contributed by atoms with Crippen molar-refractivity contribution >= 4 is 22.8 Å². The minimum absolute atomic E-state index is 0.00523. The van der Waals surface area contributed by atoms with Gasteiger partial charge in [-0.1, -0.05) is 0 Å². The van der Waals surface area contributed by atoms with Gasteiger partial charge >= 0.3 is 0 Å². The maximum Gasteiger partial charge on any atom is 0.274 e. The smallest absolute Gasteiger partial charge is 0.274 e. The quantitative estimate of drug-likeness (QED) is 0.720. The summed E-state index contributed by atoms with van der Waals surface area (Å²) in [5, 5.41) is 1.08. The normalized spacial score (nSPS) is 19.3. The highest BCUT2D eigenvalue weighted by Gasteiger charge is 2.40. The maximum absolute atomic E-state index is 12.7. The van der Waals surface area contributed by atoms with E-state index in [-0.39, 0.29) is 5.91 Å². The molecule has 0 atom stereocenters. The third-order valence-electron chi connectivity index (χ3n) is 7.12. The number of fused-ring (bicyclic) bond motifs is 1. The van der Waals surface area contributed by atoms with Gasteiger partial charge in [0.2, 0.25) is 0 Å². The molecule has 8 nitrogen and oxygen atoms in total. The van der Waals surface area contributed by atoms with E-state index in [2.05, 4.69) is 42.9 Å². The van der Waals surface area contributed by atoms with E-state index in [0.29, 0.717) is 17.2 Å². The Morgan fingerprint density at radius 3 is 2.67 bits per heavy atom. The largest absolute Gasteiger partial charge is 0.356 e. The third-order valence-corrected chi connectivity index (χ3v) is 7.12. The second-order valence-electron chi connectivity index (χ2n) is 8.66. The van der Waals surface area contributed by atoms with Gasteiger partial charge in [0.15, 0.2) is 0 Å². The Kier molecular flexibility index (Phi) is 4.84. The van der Waals surface area contributed by atoms with Gasteiger partial charge in [0.05, 0.1) is 11.6 Å². The molecular formula is C22H27N7O. The van der Waals surface area contributed by atoms with Crippen molar-refractivity contribution < 1.29 is 4.79 Å². The van der Waals surface area contributed by atoms with Crippen LogP contribution in [-0.2, 0) is 0 Å². The molecule has 4 heterocycles. The number of aromatic nitrogens is 5. The van der Waals surface area contributed by atoms with E-state index < -0.39 is 0 Å². The molecule has 8 heteroatoms. The molecule has 30 heavy (non-hydrogen) atoms. The van der Waals surface area contributed by atoms with E-state index in [9.17, 15) is 4.79 Å². The molecule has 1 spiro atoms. The highest BCUT2D eigenvalue weighted by Crippen LogP contribution is 2.46. The lowest BCUT2D eigenvalue weighted by atomic mass is 9.66. The van der Waals surface area contributed by atoms with Crippen LogP contribution in [-0.4, -0.2) is 61.9 Å². The van der Waals surface area contributed by atoms with Crippen molar-refractivity contribution in [3.8, 4) is 0 Å². The number of anilines is 1. The number of rotatable bonds is 3. The van der Waals surface area contributed by atoms with Crippen LogP contribution >= 0.6 is 0 Å². The highest BCUT2D eigenvalue weighted by molar-refractivity contribution is 5.92. The molecule has 1 aliphatic carbocycles. The van der Waals surface area contributed by atoms with Gasteiger partial charge in [-0.3, -0.25) is 9.78 Å². The van der Waals surface area contributed by atoms with Crippen molar-refractivity contribution in [3.63, 3.8) is 0 Å². The van der Waals surface area contributed by atoms with E-state index in [0.717, 1.165) is 55.6 Å². The van der Waals surface area contributed by atoms with Gasteiger partial charge in [-0.15, -0.1) is 0 Å². The molecule has 5 rings (SSSR count). The summed E-state index contributed by atoms with van der Waals surface area (Å²) in [5.74, 6) is 1.01. The minimum atomic E-state index is 0.00523. The van der Waals surface area contributed by atoms with Crippen LogP contribution in [0.3, 0.4) is 0 Å². The van der Waals surface area contributed by atoms with E-state index in [1.807, 2.05) is 11.1 Å². The number of piperidine rings is 1. The van der Waals surface area contributed by atoms with Crippen LogP contribution in [0.5, 0.6) is 0 Å². The van der Waals surface area contributed by atoms with Gasteiger partial charge in [-0.25, -0.2) is 15.0 Å². The first-order chi connectivity index (χ1) is 14.7. The van der Waals surface area contributed by atoms with Crippen LogP contribution < -0.4 is 4.90 Å². The molecule has 0 aromatic carbocycles. The fourth-order valence-corrected chi connectivity index (χ4v) is 5.17. The summed E-state index contributed by atoms with van der Waals surface area (Å²) < 4.78 is 0. The lowest BCUT2D eigenvalue weighted by Crippen LogP contribution is -2.47. The number of likely N-dealkylation sites (tertiary alicyclic amines) is 1. The Labute approximate surface area is 175 Å². The van der Waals surface area contributed by atoms with Crippen molar-refractivity contribution in [2.75, 3.05) is 25.0 Å². The predicted octanol–water partition coefficient (Wildman–Crippen LogP) is 3.05. The van der Waals surface area contributed by atoms with Gasteiger partial charge in [0, 0.05) is 44.8 Å². The Balaban J connectivity index is 1.20. The zero-order chi connectivity index (χ0) is 20.6. The molecule has 1 aliphatic heterocycles. The van der Waals surface area contributed by atoms with Crippen LogP contribution in [0.2, 0.25) is 0 Å². The van der Waals surface area contributed by atoms with Crippen LogP contribution in [0, 0.1) is 5.41 Å². The average molecular weight is 406 g/mol. The molecule has 3 aromatic heterocycles. The number of nitrogens with one attached hydrogen (secondary N) is 1. The van der Waals surface area contributed by atoms with Gasteiger partial charge in [0.25, 0.3) is 5.91 Å². The Morgan fingerprint density at radius 2 is 1.93 bits per heavy atom. The summed E-state index contributed by atoms with van der Waals surface area (Å²) >= 11 is 0. The summed E-state index contributed by atoms with van der Waals surface area (Å²) in [7, 11) is 2.15. The first-order valence-corrected chi connectivity index (χ1v) is 10.7. The molecule has 1 saturated carbocycles. The summed E-state index contributed by atoms with van der Waals surface area (Å²) in [6, 6.07) is 2.54. The van der Waals surface area contributed by atoms with Crippen molar-refractivity contribution in [1.29, 1.82) is 0 Å². The summed E-state index contributed by atoms with van der Waals surface area (Å²) in [6.07, 6.45) is 15.2. The van der Waals surface area contributed by atoms with Crippen molar-refractivity contribution in [2.24, 2.45) is 5.41 Å². The number of hydrogen-bond acceptors (Lipinski definition) is 6. The molecule has 1 N–H and O–H groups in total. The molecule has 2 fully saturated rings. The van der Waals surface area contributed by atoms with Crippen molar-refractivity contribution in [1.82, 2.24) is 29.8 Å². The lowest BCUT2D eigenvalue weighted by Gasteiger charge is -2.47. The summed E-state index contributed by atoms with van der Waals surface area (Å²) in [5.41, 5.74) is 1.70. The number of carbonyl (C=O) groups is 1. The second kappa shape index (κ2) is 7.66. The standard InChI is InChI=1S/C22H27N7O/c1-28(20-17-4-9-25-19(17)26-15-27-20)16-2-5-22(6-3-16)7-12-29(13-8-22)21(30)18-14-23-10-11-24-18/h4,9-11,14-16H,2-3,5-8,12-13H2,1H3,(H,25,26,27). The van der Waals surface area contributed by atoms with Gasteiger partial charge in [-0.05, 0) is 50.0 Å². The van der Waals surface area contributed by atoms with Gasteiger partial charge in [-0.2, -0.15) is 0 Å². The number of H-pyrrole nitrogens is 1. The number of hydrogen-bond donors (Lipinski definition) is 1. The lowest BCUT2D eigenvalue weighted by molar-refractivity contribution is 0.0445. The van der Waals surface area contributed by atoms with Crippen molar-refractivity contribution in [2.45, 2.75) is 44.6 Å². The first-order valence-electron chi connectivity index (χ1n) is 10.7. The monoisotopic (exact) mass is 405 g/mol. The number of amides is 1. The van der Waals surface area contributed by atoms with Crippen LogP contribution in [0.4, 0.5) is 5.82 Å². The van der Waals surface area contributed by atoms with Gasteiger partial charge < -0.3 is 14.8 Å². The fraction of sp³-hybridized carbons (Fsp3) is 0.500. The van der Waals surface area contributed by atoms with E-state index in [1.165, 1.54) is 12.8 Å². The molecule has 156 valence electrons. The number of carbonyl (C=O) groups excluding carboxylic acids is 1. The number of nitrogens with zero attached hydrogens (tertiary/aromatic N) is 6. The zero-order valence-electron chi connectivity index (χ0n) is 17.3. The van der Waals surface area contributed by atoms with E-state index in [1.54, 1.807) is 24.9 Å². The summed E-state index contributed by atoms with van der Waals surface area (Å²) in [4.78, 5) is 37.1. The van der Waals surface area contributed by atoms with Crippen LogP contribution in [0.1, 0.15) is 49.0 Å².